The minimum absolute atomic E-state index is 0.343. The Kier molecular flexibility index (Phi) is 5.40. The molecule has 0 aliphatic carbocycles. The number of anilines is 2. The van der Waals surface area contributed by atoms with Crippen LogP contribution < -0.4 is 10.2 Å². The molecule has 9 heteroatoms. The number of halogens is 1. The lowest BCUT2D eigenvalue weighted by Gasteiger charge is -2.27. The summed E-state index contributed by atoms with van der Waals surface area (Å²) in [5.74, 6) is 1.11. The first kappa shape index (κ1) is 19.4. The van der Waals surface area contributed by atoms with Crippen LogP contribution in [0, 0.1) is 5.82 Å². The van der Waals surface area contributed by atoms with Gasteiger partial charge in [-0.05, 0) is 36.2 Å². The van der Waals surface area contributed by atoms with Crippen molar-refractivity contribution in [2.75, 3.05) is 43.1 Å². The molecule has 0 saturated carbocycles. The van der Waals surface area contributed by atoms with E-state index in [4.69, 9.17) is 4.74 Å². The van der Waals surface area contributed by atoms with E-state index in [1.807, 2.05) is 24.4 Å². The van der Waals surface area contributed by atoms with Gasteiger partial charge in [0.25, 0.3) is 0 Å². The number of nitrogens with zero attached hydrogens (tertiary/aromatic N) is 5. The molecule has 1 aromatic carbocycles. The Bertz CT molecular complexity index is 1180. The van der Waals surface area contributed by atoms with Crippen LogP contribution in [0.4, 0.5) is 16.3 Å². The third-order valence-corrected chi connectivity index (χ3v) is 5.21. The molecule has 0 spiro atoms. The Morgan fingerprint density at radius 2 is 2.03 bits per heavy atom. The number of aromatic amines is 1. The van der Waals surface area contributed by atoms with Gasteiger partial charge in [0.1, 0.15) is 5.82 Å². The van der Waals surface area contributed by atoms with Crippen molar-refractivity contribution in [1.82, 2.24) is 24.9 Å². The third kappa shape index (κ3) is 4.31. The van der Waals surface area contributed by atoms with Gasteiger partial charge in [0.05, 0.1) is 13.2 Å². The van der Waals surface area contributed by atoms with Crippen LogP contribution >= 0.6 is 0 Å². The predicted molar refractivity (Wildman–Crippen MR) is 117 cm³/mol. The Hall–Kier alpha value is -3.59. The van der Waals surface area contributed by atoms with Gasteiger partial charge < -0.3 is 19.9 Å². The number of fused-ring (bicyclic) bond motifs is 1. The van der Waals surface area contributed by atoms with Crippen molar-refractivity contribution >= 4 is 22.8 Å². The fourth-order valence-electron chi connectivity index (χ4n) is 3.65. The highest BCUT2D eigenvalue weighted by Crippen LogP contribution is 2.29. The third-order valence-electron chi connectivity index (χ3n) is 5.21. The molecule has 0 radical (unpaired) electrons. The number of morpholine rings is 1. The van der Waals surface area contributed by atoms with Crippen molar-refractivity contribution in [3.05, 3.63) is 60.3 Å². The number of pyridine rings is 1. The summed E-state index contributed by atoms with van der Waals surface area (Å²) in [5.41, 5.74) is 2.45. The average molecular weight is 419 g/mol. The van der Waals surface area contributed by atoms with Gasteiger partial charge >= 0.3 is 0 Å². The molecule has 0 unspecified atom stereocenters. The van der Waals surface area contributed by atoms with Crippen molar-refractivity contribution in [3.8, 4) is 11.4 Å². The van der Waals surface area contributed by atoms with Crippen LogP contribution in [0.2, 0.25) is 0 Å². The lowest BCUT2D eigenvalue weighted by Crippen LogP contribution is -2.37. The molecule has 4 aromatic rings. The zero-order valence-corrected chi connectivity index (χ0v) is 16.9. The summed E-state index contributed by atoms with van der Waals surface area (Å²) in [4.78, 5) is 23.2. The normalized spacial score (nSPS) is 14.2. The molecule has 1 fully saturated rings. The van der Waals surface area contributed by atoms with Gasteiger partial charge in [-0.3, -0.25) is 4.98 Å². The van der Waals surface area contributed by atoms with Gasteiger partial charge in [-0.15, -0.1) is 0 Å². The summed E-state index contributed by atoms with van der Waals surface area (Å²) < 4.78 is 19.7. The molecule has 31 heavy (non-hydrogen) atoms. The number of rotatable bonds is 6. The van der Waals surface area contributed by atoms with E-state index >= 15 is 0 Å². The van der Waals surface area contributed by atoms with Crippen LogP contribution in [0.3, 0.4) is 0 Å². The molecule has 5 rings (SSSR count). The minimum Gasteiger partial charge on any atom is -0.378 e. The lowest BCUT2D eigenvalue weighted by molar-refractivity contribution is 0.122. The van der Waals surface area contributed by atoms with Gasteiger partial charge in [0, 0.05) is 54.7 Å². The standard InChI is InChI=1S/C22H22FN7O/c23-16-12-18(17-4-7-25-19(17)13-16)20-27-21(26-6-3-15-2-1-5-24-14-15)29-22(28-20)30-8-10-31-11-9-30/h1-2,4-5,7,12-14,25H,3,6,8-11H2,(H,26,27,28,29). The van der Waals surface area contributed by atoms with E-state index in [2.05, 4.69) is 35.1 Å². The fourth-order valence-corrected chi connectivity index (χ4v) is 3.65. The fraction of sp³-hybridized carbons (Fsp3) is 0.273. The molecule has 8 nitrogen and oxygen atoms in total. The zero-order chi connectivity index (χ0) is 21.0. The molecule has 158 valence electrons. The van der Waals surface area contributed by atoms with Gasteiger partial charge in [0.2, 0.25) is 11.9 Å². The van der Waals surface area contributed by atoms with E-state index in [1.54, 1.807) is 12.4 Å². The second kappa shape index (κ2) is 8.65. The van der Waals surface area contributed by atoms with Crippen molar-refractivity contribution in [2.24, 2.45) is 0 Å². The summed E-state index contributed by atoms with van der Waals surface area (Å²) in [6, 6.07) is 8.78. The van der Waals surface area contributed by atoms with E-state index in [0.717, 1.165) is 17.4 Å². The summed E-state index contributed by atoms with van der Waals surface area (Å²) in [7, 11) is 0. The summed E-state index contributed by atoms with van der Waals surface area (Å²) in [6.07, 6.45) is 6.16. The van der Waals surface area contributed by atoms with Crippen LogP contribution in [0.15, 0.2) is 48.9 Å². The second-order valence-electron chi connectivity index (χ2n) is 7.31. The van der Waals surface area contributed by atoms with E-state index in [-0.39, 0.29) is 5.82 Å². The summed E-state index contributed by atoms with van der Waals surface area (Å²) >= 11 is 0. The monoisotopic (exact) mass is 419 g/mol. The summed E-state index contributed by atoms with van der Waals surface area (Å²) in [5, 5.41) is 4.15. The molecule has 0 amide bonds. The van der Waals surface area contributed by atoms with Crippen molar-refractivity contribution in [2.45, 2.75) is 6.42 Å². The predicted octanol–water partition coefficient (Wildman–Crippen LogP) is 3.05. The molecule has 3 aromatic heterocycles. The Balaban J connectivity index is 1.49. The maximum absolute atomic E-state index is 14.3. The Morgan fingerprint density at radius 1 is 1.13 bits per heavy atom. The van der Waals surface area contributed by atoms with Crippen LogP contribution in [0.5, 0.6) is 0 Å². The quantitative estimate of drug-likeness (QED) is 0.496. The number of hydrogen-bond acceptors (Lipinski definition) is 7. The Morgan fingerprint density at radius 3 is 2.87 bits per heavy atom. The Labute approximate surface area is 178 Å². The van der Waals surface area contributed by atoms with Gasteiger partial charge in [0.15, 0.2) is 5.82 Å². The average Bonchev–Trinajstić information content (AvgIpc) is 3.28. The SMILES string of the molecule is Fc1cc(-c2nc(NCCc3cccnc3)nc(N3CCOCC3)n2)c2cc[nH]c2c1. The number of ether oxygens (including phenoxy) is 1. The number of benzene rings is 1. The maximum Gasteiger partial charge on any atom is 0.230 e. The van der Waals surface area contributed by atoms with Gasteiger partial charge in [-0.25, -0.2) is 4.39 Å². The molecular formula is C22H22FN7O. The molecule has 0 bridgehead atoms. The first-order valence-corrected chi connectivity index (χ1v) is 10.2. The van der Waals surface area contributed by atoms with E-state index in [0.29, 0.717) is 61.6 Å². The van der Waals surface area contributed by atoms with Crippen molar-refractivity contribution < 1.29 is 9.13 Å². The molecule has 0 atom stereocenters. The molecule has 1 aliphatic rings. The van der Waals surface area contributed by atoms with Gasteiger partial charge in [-0.1, -0.05) is 6.07 Å². The molecule has 1 saturated heterocycles. The highest BCUT2D eigenvalue weighted by atomic mass is 19.1. The van der Waals surface area contributed by atoms with Crippen molar-refractivity contribution in [3.63, 3.8) is 0 Å². The lowest BCUT2D eigenvalue weighted by atomic mass is 10.1. The molecule has 2 N–H and O–H groups in total. The first-order chi connectivity index (χ1) is 15.3. The topological polar surface area (TPSA) is 91.8 Å². The van der Waals surface area contributed by atoms with Crippen molar-refractivity contribution in [1.29, 1.82) is 0 Å². The number of nitrogens with one attached hydrogen (secondary N) is 2. The van der Waals surface area contributed by atoms with Crippen LogP contribution in [0.1, 0.15) is 5.56 Å². The molecule has 1 aliphatic heterocycles. The number of aromatic nitrogens is 5. The summed E-state index contributed by atoms with van der Waals surface area (Å²) in [6.45, 7) is 3.27. The van der Waals surface area contributed by atoms with E-state index in [9.17, 15) is 4.39 Å². The van der Waals surface area contributed by atoms with Gasteiger partial charge in [-0.2, -0.15) is 15.0 Å². The second-order valence-corrected chi connectivity index (χ2v) is 7.31. The van der Waals surface area contributed by atoms with Crippen LogP contribution in [0.25, 0.3) is 22.3 Å². The highest BCUT2D eigenvalue weighted by molar-refractivity contribution is 5.93. The number of H-pyrrole nitrogens is 1. The van der Waals surface area contributed by atoms with E-state index in [1.165, 1.54) is 12.1 Å². The van der Waals surface area contributed by atoms with Crippen LogP contribution in [-0.2, 0) is 11.2 Å². The zero-order valence-electron chi connectivity index (χ0n) is 16.9. The van der Waals surface area contributed by atoms with E-state index < -0.39 is 0 Å². The first-order valence-electron chi connectivity index (χ1n) is 10.2. The smallest absolute Gasteiger partial charge is 0.230 e. The highest BCUT2D eigenvalue weighted by Gasteiger charge is 2.19. The largest absolute Gasteiger partial charge is 0.378 e. The number of hydrogen-bond donors (Lipinski definition) is 2. The minimum atomic E-state index is -0.343. The maximum atomic E-state index is 14.3. The molecular weight excluding hydrogens is 397 g/mol. The van der Waals surface area contributed by atoms with Crippen LogP contribution in [-0.4, -0.2) is 57.8 Å². The molecule has 4 heterocycles.